The Hall–Kier alpha value is -2.47. The molecular formula is C19H21N3O2S. The smallest absolute Gasteiger partial charge is 0.200 e. The second-order valence-electron chi connectivity index (χ2n) is 6.85. The van der Waals surface area contributed by atoms with E-state index in [1.165, 1.54) is 0 Å². The molecule has 0 amide bonds. The predicted octanol–water partition coefficient (Wildman–Crippen LogP) is 3.81. The summed E-state index contributed by atoms with van der Waals surface area (Å²) in [6, 6.07) is 13.3. The Labute approximate surface area is 148 Å². The Morgan fingerprint density at radius 3 is 2.44 bits per heavy atom. The molecule has 6 heteroatoms. The van der Waals surface area contributed by atoms with Gasteiger partial charge in [0.15, 0.2) is 14.9 Å². The van der Waals surface area contributed by atoms with Crippen molar-refractivity contribution in [2.24, 2.45) is 0 Å². The lowest BCUT2D eigenvalue weighted by atomic mass is 10.1. The van der Waals surface area contributed by atoms with Crippen LogP contribution in [0.25, 0.3) is 10.9 Å². The summed E-state index contributed by atoms with van der Waals surface area (Å²) in [5, 5.41) is 4.46. The third kappa shape index (κ3) is 3.49. The van der Waals surface area contributed by atoms with Gasteiger partial charge in [-0.15, -0.1) is 0 Å². The monoisotopic (exact) mass is 355 g/mol. The van der Waals surface area contributed by atoms with Gasteiger partial charge < -0.3 is 5.32 Å². The van der Waals surface area contributed by atoms with E-state index in [4.69, 9.17) is 0 Å². The van der Waals surface area contributed by atoms with Crippen LogP contribution in [0.4, 0.5) is 5.69 Å². The van der Waals surface area contributed by atoms with Crippen LogP contribution < -0.4 is 5.32 Å². The van der Waals surface area contributed by atoms with E-state index in [-0.39, 0.29) is 5.03 Å². The first-order valence-corrected chi connectivity index (χ1v) is 9.54. The summed E-state index contributed by atoms with van der Waals surface area (Å²) in [6.45, 7) is 5.60. The largest absolute Gasteiger partial charge is 0.380 e. The maximum absolute atomic E-state index is 12.4. The van der Waals surface area contributed by atoms with Crippen molar-refractivity contribution >= 4 is 26.4 Å². The number of anilines is 1. The fraction of sp³-hybridized carbons (Fsp3) is 0.263. The standard InChI is InChI=1S/C19H21N3O2S/c1-19(2,3)25(23,24)17-10-9-16(13-22-17)21-12-15-7-4-6-14-8-5-11-20-18(14)15/h4-11,13,21H,12H2,1-3H3. The summed E-state index contributed by atoms with van der Waals surface area (Å²) in [6.07, 6.45) is 3.33. The van der Waals surface area contributed by atoms with Gasteiger partial charge in [-0.05, 0) is 44.5 Å². The number of hydrogen-bond donors (Lipinski definition) is 1. The van der Waals surface area contributed by atoms with Gasteiger partial charge in [0.05, 0.1) is 22.1 Å². The molecule has 25 heavy (non-hydrogen) atoms. The molecule has 2 heterocycles. The highest BCUT2D eigenvalue weighted by Gasteiger charge is 2.31. The summed E-state index contributed by atoms with van der Waals surface area (Å²) >= 11 is 0. The molecule has 0 spiro atoms. The molecule has 2 aromatic heterocycles. The second-order valence-corrected chi connectivity index (χ2v) is 9.50. The highest BCUT2D eigenvalue weighted by atomic mass is 32.2. The minimum Gasteiger partial charge on any atom is -0.380 e. The van der Waals surface area contributed by atoms with E-state index in [9.17, 15) is 8.42 Å². The van der Waals surface area contributed by atoms with Crippen molar-refractivity contribution in [1.82, 2.24) is 9.97 Å². The van der Waals surface area contributed by atoms with Crippen molar-refractivity contribution in [3.05, 3.63) is 60.4 Å². The van der Waals surface area contributed by atoms with Crippen molar-refractivity contribution in [3.63, 3.8) is 0 Å². The Balaban J connectivity index is 1.78. The molecule has 0 atom stereocenters. The predicted molar refractivity (Wildman–Crippen MR) is 100 cm³/mol. The molecule has 1 aromatic carbocycles. The van der Waals surface area contributed by atoms with E-state index in [0.717, 1.165) is 22.2 Å². The molecule has 0 aliphatic rings. The number of fused-ring (bicyclic) bond motifs is 1. The van der Waals surface area contributed by atoms with E-state index in [1.807, 2.05) is 30.3 Å². The van der Waals surface area contributed by atoms with Crippen molar-refractivity contribution in [3.8, 4) is 0 Å². The van der Waals surface area contributed by atoms with E-state index >= 15 is 0 Å². The van der Waals surface area contributed by atoms with Crippen molar-refractivity contribution < 1.29 is 8.42 Å². The number of nitrogens with one attached hydrogen (secondary N) is 1. The first-order valence-electron chi connectivity index (χ1n) is 8.06. The lowest BCUT2D eigenvalue weighted by Crippen LogP contribution is -2.28. The Kier molecular flexibility index (Phi) is 4.47. The maximum atomic E-state index is 12.4. The first-order chi connectivity index (χ1) is 11.8. The minimum atomic E-state index is -3.44. The average Bonchev–Trinajstić information content (AvgIpc) is 2.59. The molecule has 0 unspecified atom stereocenters. The third-order valence-electron chi connectivity index (χ3n) is 4.02. The van der Waals surface area contributed by atoms with Gasteiger partial charge in [-0.3, -0.25) is 4.98 Å². The molecule has 1 N–H and O–H groups in total. The van der Waals surface area contributed by atoms with Gasteiger partial charge in [-0.1, -0.05) is 24.3 Å². The molecule has 0 saturated carbocycles. The minimum absolute atomic E-state index is 0.0948. The summed E-state index contributed by atoms with van der Waals surface area (Å²) in [7, 11) is -3.44. The van der Waals surface area contributed by atoms with Gasteiger partial charge in [0.25, 0.3) is 0 Å². The van der Waals surface area contributed by atoms with E-state index in [1.54, 1.807) is 45.3 Å². The molecule has 3 aromatic rings. The van der Waals surface area contributed by atoms with Gasteiger partial charge in [0.2, 0.25) is 0 Å². The second kappa shape index (κ2) is 6.44. The highest BCUT2D eigenvalue weighted by Crippen LogP contribution is 2.24. The molecule has 0 saturated heterocycles. The molecule has 0 fully saturated rings. The van der Waals surface area contributed by atoms with Gasteiger partial charge in [0, 0.05) is 18.1 Å². The Morgan fingerprint density at radius 2 is 1.76 bits per heavy atom. The van der Waals surface area contributed by atoms with Crippen LogP contribution in [-0.4, -0.2) is 23.1 Å². The zero-order valence-electron chi connectivity index (χ0n) is 14.5. The van der Waals surface area contributed by atoms with Crippen LogP contribution in [0.2, 0.25) is 0 Å². The number of hydrogen-bond acceptors (Lipinski definition) is 5. The zero-order chi connectivity index (χ0) is 18.1. The summed E-state index contributed by atoms with van der Waals surface area (Å²) < 4.78 is 23.9. The molecule has 3 rings (SSSR count). The van der Waals surface area contributed by atoms with E-state index < -0.39 is 14.6 Å². The molecule has 5 nitrogen and oxygen atoms in total. The third-order valence-corrected chi connectivity index (χ3v) is 6.42. The number of rotatable bonds is 4. The van der Waals surface area contributed by atoms with Gasteiger partial charge in [0.1, 0.15) is 0 Å². The number of nitrogens with zero attached hydrogens (tertiary/aromatic N) is 2. The maximum Gasteiger partial charge on any atom is 0.200 e. The number of benzene rings is 1. The number of pyridine rings is 2. The van der Waals surface area contributed by atoms with Crippen LogP contribution in [-0.2, 0) is 16.4 Å². The van der Waals surface area contributed by atoms with Gasteiger partial charge in [-0.2, -0.15) is 0 Å². The molecule has 130 valence electrons. The molecule has 0 bridgehead atoms. The van der Waals surface area contributed by atoms with E-state index in [2.05, 4.69) is 15.3 Å². The SMILES string of the molecule is CC(C)(C)S(=O)(=O)c1ccc(NCc2cccc3cccnc23)cn1. The van der Waals surface area contributed by atoms with Crippen molar-refractivity contribution in [1.29, 1.82) is 0 Å². The number of aromatic nitrogens is 2. The molecule has 0 aliphatic heterocycles. The van der Waals surface area contributed by atoms with Gasteiger partial charge in [-0.25, -0.2) is 13.4 Å². The van der Waals surface area contributed by atoms with Gasteiger partial charge >= 0.3 is 0 Å². The van der Waals surface area contributed by atoms with Crippen LogP contribution in [0.1, 0.15) is 26.3 Å². The Bertz CT molecular complexity index is 986. The summed E-state index contributed by atoms with van der Waals surface area (Å²) in [5.41, 5.74) is 2.79. The van der Waals surface area contributed by atoms with Crippen molar-refractivity contribution in [2.45, 2.75) is 37.1 Å². The molecular weight excluding hydrogens is 334 g/mol. The summed E-state index contributed by atoms with van der Waals surface area (Å²) in [4.78, 5) is 8.56. The van der Waals surface area contributed by atoms with Crippen LogP contribution in [0, 0.1) is 0 Å². The lowest BCUT2D eigenvalue weighted by Gasteiger charge is -2.18. The first kappa shape index (κ1) is 17.4. The number of para-hydroxylation sites is 1. The molecule has 0 aliphatic carbocycles. The van der Waals surface area contributed by atoms with Crippen LogP contribution >= 0.6 is 0 Å². The van der Waals surface area contributed by atoms with E-state index in [0.29, 0.717) is 6.54 Å². The lowest BCUT2D eigenvalue weighted by molar-refractivity contribution is 0.556. The van der Waals surface area contributed by atoms with Crippen LogP contribution in [0.15, 0.2) is 59.9 Å². The highest BCUT2D eigenvalue weighted by molar-refractivity contribution is 7.92. The topological polar surface area (TPSA) is 72.0 Å². The fourth-order valence-electron chi connectivity index (χ4n) is 2.46. The quantitative estimate of drug-likeness (QED) is 0.770. The fourth-order valence-corrected chi connectivity index (χ4v) is 3.53. The molecule has 0 radical (unpaired) electrons. The van der Waals surface area contributed by atoms with Crippen molar-refractivity contribution in [2.75, 3.05) is 5.32 Å². The van der Waals surface area contributed by atoms with Crippen LogP contribution in [0.3, 0.4) is 0 Å². The zero-order valence-corrected chi connectivity index (χ0v) is 15.3. The Morgan fingerprint density at radius 1 is 1.00 bits per heavy atom. The average molecular weight is 355 g/mol. The summed E-state index contributed by atoms with van der Waals surface area (Å²) in [5.74, 6) is 0. The van der Waals surface area contributed by atoms with Crippen LogP contribution in [0.5, 0.6) is 0 Å². The number of sulfone groups is 1. The normalized spacial score (nSPS) is 12.3.